The maximum Gasteiger partial charge on any atom is 0.222 e. The van der Waals surface area contributed by atoms with E-state index in [0.29, 0.717) is 37.3 Å². The van der Waals surface area contributed by atoms with Gasteiger partial charge in [0.15, 0.2) is 0 Å². The first-order valence-electron chi connectivity index (χ1n) is 7.71. The number of amides is 1. The normalized spacial score (nSPS) is 28.5. The Hall–Kier alpha value is -0.640. The Morgan fingerprint density at radius 2 is 2.00 bits per heavy atom. The van der Waals surface area contributed by atoms with Gasteiger partial charge in [-0.3, -0.25) is 4.79 Å². The quantitative estimate of drug-likeness (QED) is 0.740. The molecular weight excluding hydrogens is 243 g/mol. The number of hydrogen-bond acceptors (Lipinski definition) is 2. The first-order valence-corrected chi connectivity index (χ1v) is 7.71. The zero-order chi connectivity index (χ0) is 13.8. The Morgan fingerprint density at radius 3 is 2.58 bits per heavy atom. The minimum atomic E-state index is -0.587. The van der Waals surface area contributed by atoms with Gasteiger partial charge < -0.3 is 9.80 Å². The molecule has 19 heavy (non-hydrogen) atoms. The summed E-state index contributed by atoms with van der Waals surface area (Å²) >= 11 is 0. The molecule has 1 aliphatic carbocycles. The molecule has 1 saturated heterocycles. The number of carbonyl (C=O) groups is 1. The molecule has 0 aromatic carbocycles. The van der Waals surface area contributed by atoms with Gasteiger partial charge in [-0.2, -0.15) is 0 Å². The highest BCUT2D eigenvalue weighted by molar-refractivity contribution is 5.76. The average molecular weight is 270 g/mol. The SMILES string of the molecule is CC(CCCC(=O)N1CCCC1)N(C)C1CC(F)C1. The van der Waals surface area contributed by atoms with Crippen molar-refractivity contribution in [1.82, 2.24) is 9.80 Å². The summed E-state index contributed by atoms with van der Waals surface area (Å²) in [5.41, 5.74) is 0. The molecule has 1 amide bonds. The Labute approximate surface area is 116 Å². The number of rotatable bonds is 6. The van der Waals surface area contributed by atoms with Crippen LogP contribution in [0.5, 0.6) is 0 Å². The lowest BCUT2D eigenvalue weighted by Crippen LogP contribution is -2.47. The number of hydrogen-bond donors (Lipinski definition) is 0. The second-order valence-corrected chi connectivity index (χ2v) is 6.22. The van der Waals surface area contributed by atoms with Gasteiger partial charge in [0.1, 0.15) is 6.17 Å². The molecule has 0 aromatic heterocycles. The van der Waals surface area contributed by atoms with Gasteiger partial charge in [0.25, 0.3) is 0 Å². The molecule has 0 N–H and O–H groups in total. The number of alkyl halides is 1. The van der Waals surface area contributed by atoms with Crippen LogP contribution in [-0.2, 0) is 4.79 Å². The molecule has 1 aliphatic heterocycles. The van der Waals surface area contributed by atoms with Crippen LogP contribution in [0, 0.1) is 0 Å². The van der Waals surface area contributed by atoms with E-state index in [0.717, 1.165) is 38.8 Å². The lowest BCUT2D eigenvalue weighted by atomic mass is 9.88. The number of carbonyl (C=O) groups excluding carboxylic acids is 1. The van der Waals surface area contributed by atoms with Gasteiger partial charge in [-0.1, -0.05) is 0 Å². The van der Waals surface area contributed by atoms with Crippen LogP contribution in [0.25, 0.3) is 0 Å². The van der Waals surface area contributed by atoms with Crippen LogP contribution in [0.4, 0.5) is 4.39 Å². The largest absolute Gasteiger partial charge is 0.343 e. The zero-order valence-corrected chi connectivity index (χ0v) is 12.3. The van der Waals surface area contributed by atoms with E-state index in [9.17, 15) is 9.18 Å². The lowest BCUT2D eigenvalue weighted by Gasteiger charge is -2.40. The predicted molar refractivity (Wildman–Crippen MR) is 74.8 cm³/mol. The van der Waals surface area contributed by atoms with Gasteiger partial charge in [0.05, 0.1) is 0 Å². The van der Waals surface area contributed by atoms with Gasteiger partial charge in [0, 0.05) is 31.6 Å². The molecule has 110 valence electrons. The maximum absolute atomic E-state index is 12.8. The summed E-state index contributed by atoms with van der Waals surface area (Å²) in [5, 5.41) is 0. The fraction of sp³-hybridized carbons (Fsp3) is 0.933. The standard InChI is InChI=1S/C15H27FN2O/c1-12(17(2)14-10-13(16)11-14)6-5-7-15(19)18-8-3-4-9-18/h12-14H,3-11H2,1-2H3. The van der Waals surface area contributed by atoms with E-state index < -0.39 is 6.17 Å². The van der Waals surface area contributed by atoms with Crippen molar-refractivity contribution in [3.63, 3.8) is 0 Å². The third-order valence-electron chi connectivity index (χ3n) is 4.80. The molecule has 0 radical (unpaired) electrons. The summed E-state index contributed by atoms with van der Waals surface area (Å²) in [6.07, 6.45) is 5.77. The molecule has 3 nitrogen and oxygen atoms in total. The molecule has 2 aliphatic rings. The second kappa shape index (κ2) is 6.69. The van der Waals surface area contributed by atoms with Crippen molar-refractivity contribution in [2.24, 2.45) is 0 Å². The first kappa shape index (κ1) is 14.8. The topological polar surface area (TPSA) is 23.6 Å². The van der Waals surface area contributed by atoms with Crippen LogP contribution in [0.3, 0.4) is 0 Å². The van der Waals surface area contributed by atoms with Gasteiger partial charge in [-0.25, -0.2) is 4.39 Å². The second-order valence-electron chi connectivity index (χ2n) is 6.22. The predicted octanol–water partition coefficient (Wildman–Crippen LogP) is 2.60. The van der Waals surface area contributed by atoms with E-state index in [1.54, 1.807) is 0 Å². The fourth-order valence-corrected chi connectivity index (χ4v) is 3.09. The number of halogens is 1. The van der Waals surface area contributed by atoms with Gasteiger partial charge in [-0.15, -0.1) is 0 Å². The van der Waals surface area contributed by atoms with Gasteiger partial charge in [0.2, 0.25) is 5.91 Å². The van der Waals surface area contributed by atoms with Crippen molar-refractivity contribution in [2.75, 3.05) is 20.1 Å². The van der Waals surface area contributed by atoms with E-state index >= 15 is 0 Å². The Bertz CT molecular complexity index is 299. The van der Waals surface area contributed by atoms with Crippen LogP contribution in [0.15, 0.2) is 0 Å². The van der Waals surface area contributed by atoms with Crippen molar-refractivity contribution in [3.8, 4) is 0 Å². The summed E-state index contributed by atoms with van der Waals surface area (Å²) < 4.78 is 12.8. The third-order valence-corrected chi connectivity index (χ3v) is 4.80. The van der Waals surface area contributed by atoms with E-state index in [2.05, 4.69) is 18.9 Å². The van der Waals surface area contributed by atoms with Crippen molar-refractivity contribution in [1.29, 1.82) is 0 Å². The molecule has 0 bridgehead atoms. The summed E-state index contributed by atoms with van der Waals surface area (Å²) in [5.74, 6) is 0.319. The van der Waals surface area contributed by atoms with E-state index in [1.165, 1.54) is 0 Å². The summed E-state index contributed by atoms with van der Waals surface area (Å²) in [4.78, 5) is 16.2. The molecule has 2 fully saturated rings. The molecule has 1 unspecified atom stereocenters. The zero-order valence-electron chi connectivity index (χ0n) is 12.3. The molecule has 1 atom stereocenters. The van der Waals surface area contributed by atoms with E-state index in [-0.39, 0.29) is 0 Å². The lowest BCUT2D eigenvalue weighted by molar-refractivity contribution is -0.130. The van der Waals surface area contributed by atoms with E-state index in [1.807, 2.05) is 4.90 Å². The molecular formula is C15H27FN2O. The summed E-state index contributed by atoms with van der Waals surface area (Å²) in [6.45, 7) is 4.09. The number of nitrogens with zero attached hydrogens (tertiary/aromatic N) is 2. The molecule has 0 aromatic rings. The maximum atomic E-state index is 12.8. The average Bonchev–Trinajstić information content (AvgIpc) is 2.87. The van der Waals surface area contributed by atoms with Crippen LogP contribution in [0.2, 0.25) is 0 Å². The molecule has 1 saturated carbocycles. The Balaban J connectivity index is 1.60. The monoisotopic (exact) mass is 270 g/mol. The summed E-state index contributed by atoms with van der Waals surface area (Å²) in [7, 11) is 2.09. The summed E-state index contributed by atoms with van der Waals surface area (Å²) in [6, 6.07) is 0.864. The molecule has 1 heterocycles. The minimum Gasteiger partial charge on any atom is -0.343 e. The van der Waals surface area contributed by atoms with Crippen molar-refractivity contribution >= 4 is 5.91 Å². The van der Waals surface area contributed by atoms with Crippen LogP contribution >= 0.6 is 0 Å². The van der Waals surface area contributed by atoms with Crippen molar-refractivity contribution in [3.05, 3.63) is 0 Å². The van der Waals surface area contributed by atoms with Crippen molar-refractivity contribution in [2.45, 2.75) is 70.1 Å². The molecule has 0 spiro atoms. The molecule has 4 heteroatoms. The Morgan fingerprint density at radius 1 is 1.37 bits per heavy atom. The van der Waals surface area contributed by atoms with Crippen LogP contribution < -0.4 is 0 Å². The minimum absolute atomic E-state index is 0.319. The third kappa shape index (κ3) is 3.91. The fourth-order valence-electron chi connectivity index (χ4n) is 3.09. The highest BCUT2D eigenvalue weighted by Crippen LogP contribution is 2.29. The van der Waals surface area contributed by atoms with E-state index in [4.69, 9.17) is 0 Å². The molecule has 2 rings (SSSR count). The highest BCUT2D eigenvalue weighted by atomic mass is 19.1. The highest BCUT2D eigenvalue weighted by Gasteiger charge is 2.33. The number of likely N-dealkylation sites (tertiary alicyclic amines) is 1. The Kier molecular flexibility index (Phi) is 5.20. The van der Waals surface area contributed by atoms with Gasteiger partial charge >= 0.3 is 0 Å². The first-order chi connectivity index (χ1) is 9.08. The smallest absolute Gasteiger partial charge is 0.222 e. The van der Waals surface area contributed by atoms with Crippen LogP contribution in [-0.4, -0.2) is 54.1 Å². The van der Waals surface area contributed by atoms with Crippen LogP contribution in [0.1, 0.15) is 51.9 Å². The van der Waals surface area contributed by atoms with Crippen molar-refractivity contribution < 1.29 is 9.18 Å². The van der Waals surface area contributed by atoms with Gasteiger partial charge in [-0.05, 0) is 52.5 Å².